The number of carbonyl (C=O) groups is 2. The average Bonchev–Trinajstić information content (AvgIpc) is 2.71. The molecular weight excluding hydrogens is 254 g/mol. The number of carbonyl (C=O) groups excluding carboxylic acids is 2. The fraction of sp³-hybridized carbons (Fsp3) is 0.833. The number of alkyl halides is 1. The van der Waals surface area contributed by atoms with Crippen molar-refractivity contribution in [1.29, 1.82) is 0 Å². The molecule has 0 heterocycles. The second-order valence-corrected chi connectivity index (χ2v) is 5.32. The molecule has 0 aromatic carbocycles. The highest BCUT2D eigenvalue weighted by molar-refractivity contribution is 6.18. The van der Waals surface area contributed by atoms with Gasteiger partial charge in [0.05, 0.1) is 5.92 Å². The minimum absolute atomic E-state index is 0.107. The summed E-state index contributed by atoms with van der Waals surface area (Å²) >= 11 is 5.67. The van der Waals surface area contributed by atoms with Gasteiger partial charge in [0.2, 0.25) is 12.3 Å². The predicted molar refractivity (Wildman–Crippen MR) is 71.2 cm³/mol. The van der Waals surface area contributed by atoms with Gasteiger partial charge in [0, 0.05) is 18.5 Å². The van der Waals surface area contributed by atoms with Crippen LogP contribution in [0.3, 0.4) is 0 Å². The second-order valence-electron chi connectivity index (χ2n) is 4.94. The molecule has 18 heavy (non-hydrogen) atoms. The lowest BCUT2D eigenvalue weighted by Gasteiger charge is -2.24. The molecule has 0 saturated heterocycles. The summed E-state index contributed by atoms with van der Waals surface area (Å²) in [4.78, 5) is 24.1. The van der Waals surface area contributed by atoms with Crippen molar-refractivity contribution in [2.75, 3.05) is 26.0 Å². The van der Waals surface area contributed by atoms with Gasteiger partial charge in [-0.05, 0) is 38.8 Å². The average molecular weight is 276 g/mol. The van der Waals surface area contributed by atoms with E-state index >= 15 is 0 Å². The maximum Gasteiger partial charge on any atom is 0.222 e. The first kappa shape index (κ1) is 15.2. The van der Waals surface area contributed by atoms with Crippen molar-refractivity contribution in [2.45, 2.75) is 25.3 Å². The van der Waals surface area contributed by atoms with Crippen molar-refractivity contribution in [3.63, 3.8) is 0 Å². The van der Waals surface area contributed by atoms with Gasteiger partial charge >= 0.3 is 0 Å². The van der Waals surface area contributed by atoms with E-state index in [0.29, 0.717) is 18.2 Å². The highest BCUT2D eigenvalue weighted by Crippen LogP contribution is 2.33. The van der Waals surface area contributed by atoms with Crippen LogP contribution >= 0.6 is 11.6 Å². The molecule has 0 radical (unpaired) electrons. The van der Waals surface area contributed by atoms with Crippen molar-refractivity contribution in [3.05, 3.63) is 0 Å². The number of hydrogen-bond donors (Lipinski definition) is 2. The van der Waals surface area contributed by atoms with Crippen molar-refractivity contribution in [3.8, 4) is 0 Å². The molecule has 0 aliphatic heterocycles. The molecule has 1 fully saturated rings. The summed E-state index contributed by atoms with van der Waals surface area (Å²) < 4.78 is 0. The number of primary amides is 1. The minimum atomic E-state index is -0.314. The molecule has 1 rings (SSSR count). The maximum absolute atomic E-state index is 11.3. The molecule has 1 saturated carbocycles. The van der Waals surface area contributed by atoms with E-state index in [4.69, 9.17) is 17.3 Å². The molecule has 104 valence electrons. The molecule has 0 aromatic rings. The van der Waals surface area contributed by atoms with Crippen LogP contribution < -0.4 is 11.1 Å². The Balaban J connectivity index is 2.48. The van der Waals surface area contributed by atoms with E-state index in [1.165, 1.54) is 0 Å². The highest BCUT2D eigenvalue weighted by atomic mass is 35.5. The summed E-state index contributed by atoms with van der Waals surface area (Å²) in [6.45, 7) is 1.76. The zero-order valence-corrected chi connectivity index (χ0v) is 11.5. The summed E-state index contributed by atoms with van der Waals surface area (Å²) in [7, 11) is 2.02. The Hall–Kier alpha value is -0.810. The van der Waals surface area contributed by atoms with E-state index in [-0.39, 0.29) is 17.9 Å². The Morgan fingerprint density at radius 2 is 2.22 bits per heavy atom. The molecule has 0 spiro atoms. The first-order valence-electron chi connectivity index (χ1n) is 6.33. The van der Waals surface area contributed by atoms with Crippen LogP contribution in [0.1, 0.15) is 19.3 Å². The van der Waals surface area contributed by atoms with E-state index in [2.05, 4.69) is 10.2 Å². The van der Waals surface area contributed by atoms with Gasteiger partial charge in [0.15, 0.2) is 0 Å². The smallest absolute Gasteiger partial charge is 0.222 e. The lowest BCUT2D eigenvalue weighted by molar-refractivity contribution is -0.122. The molecule has 1 aliphatic rings. The molecule has 0 aromatic heterocycles. The Bertz CT molecular complexity index is 288. The van der Waals surface area contributed by atoms with Crippen LogP contribution in [0.25, 0.3) is 0 Å². The van der Waals surface area contributed by atoms with Crippen molar-refractivity contribution in [1.82, 2.24) is 10.2 Å². The summed E-state index contributed by atoms with van der Waals surface area (Å²) in [6.07, 6.45) is 3.32. The van der Waals surface area contributed by atoms with E-state index in [0.717, 1.165) is 32.4 Å². The molecule has 1 aliphatic carbocycles. The van der Waals surface area contributed by atoms with Gasteiger partial charge in [-0.15, -0.1) is 11.6 Å². The van der Waals surface area contributed by atoms with Crippen molar-refractivity contribution < 1.29 is 9.59 Å². The highest BCUT2D eigenvalue weighted by Gasteiger charge is 2.38. The van der Waals surface area contributed by atoms with Gasteiger partial charge in [-0.3, -0.25) is 9.59 Å². The van der Waals surface area contributed by atoms with Gasteiger partial charge in [0.25, 0.3) is 0 Å². The summed E-state index contributed by atoms with van der Waals surface area (Å²) in [5, 5.41) is 2.76. The number of nitrogens with two attached hydrogens (primary N) is 1. The van der Waals surface area contributed by atoms with Gasteiger partial charge in [-0.25, -0.2) is 0 Å². The normalized spacial score (nSPS) is 27.4. The molecule has 0 bridgehead atoms. The third kappa shape index (κ3) is 4.14. The first-order valence-corrected chi connectivity index (χ1v) is 6.87. The second kappa shape index (κ2) is 7.59. The molecule has 2 amide bonds. The van der Waals surface area contributed by atoms with Gasteiger partial charge in [-0.2, -0.15) is 0 Å². The number of hydrogen-bond acceptors (Lipinski definition) is 3. The predicted octanol–water partition coefficient (Wildman–Crippen LogP) is 0.173. The fourth-order valence-electron chi connectivity index (χ4n) is 2.70. The topological polar surface area (TPSA) is 75.4 Å². The number of nitrogens with one attached hydrogen (secondary N) is 1. The third-order valence-electron chi connectivity index (χ3n) is 3.76. The minimum Gasteiger partial charge on any atom is -0.369 e. The lowest BCUT2D eigenvalue weighted by Crippen LogP contribution is -2.43. The number of nitrogens with zero attached hydrogens (tertiary/aromatic N) is 1. The van der Waals surface area contributed by atoms with Crippen LogP contribution in [-0.4, -0.2) is 49.3 Å². The van der Waals surface area contributed by atoms with Crippen molar-refractivity contribution in [2.24, 2.45) is 17.6 Å². The van der Waals surface area contributed by atoms with E-state index in [1.54, 1.807) is 0 Å². The zero-order chi connectivity index (χ0) is 13.5. The van der Waals surface area contributed by atoms with Crippen LogP contribution in [0.15, 0.2) is 0 Å². The van der Waals surface area contributed by atoms with Crippen LogP contribution in [0.4, 0.5) is 0 Å². The summed E-state index contributed by atoms with van der Waals surface area (Å²) in [5.74, 6) is 0.399. The van der Waals surface area contributed by atoms with Crippen molar-refractivity contribution >= 4 is 23.9 Å². The van der Waals surface area contributed by atoms with Gasteiger partial charge in [0.1, 0.15) is 0 Å². The Labute approximate surface area is 113 Å². The van der Waals surface area contributed by atoms with Crippen LogP contribution in [0.2, 0.25) is 0 Å². The largest absolute Gasteiger partial charge is 0.369 e. The van der Waals surface area contributed by atoms with E-state index in [1.807, 2.05) is 7.05 Å². The molecule has 3 N–H and O–H groups in total. The fourth-order valence-corrected chi connectivity index (χ4v) is 2.99. The third-order valence-corrected chi connectivity index (χ3v) is 3.93. The first-order chi connectivity index (χ1) is 8.60. The molecule has 3 atom stereocenters. The van der Waals surface area contributed by atoms with E-state index < -0.39 is 0 Å². The SMILES string of the molecule is CN(CCCl)CCC1CCC(C(N)=O)C1NC=O. The van der Waals surface area contributed by atoms with Crippen LogP contribution in [0.5, 0.6) is 0 Å². The number of halogens is 1. The molecular formula is C12H22ClN3O2. The summed E-state index contributed by atoms with van der Waals surface area (Å²) in [5.41, 5.74) is 5.36. The Kier molecular flexibility index (Phi) is 6.43. The molecule has 6 heteroatoms. The Morgan fingerprint density at radius 3 is 2.78 bits per heavy atom. The maximum atomic E-state index is 11.3. The lowest BCUT2D eigenvalue weighted by atomic mass is 9.94. The quantitative estimate of drug-likeness (QED) is 0.490. The molecule has 5 nitrogen and oxygen atoms in total. The van der Waals surface area contributed by atoms with Crippen LogP contribution in [-0.2, 0) is 9.59 Å². The summed E-state index contributed by atoms with van der Waals surface area (Å²) in [6, 6.07) is -0.107. The van der Waals surface area contributed by atoms with Gasteiger partial charge in [-0.1, -0.05) is 0 Å². The number of amides is 2. The van der Waals surface area contributed by atoms with Crippen LogP contribution in [0, 0.1) is 11.8 Å². The van der Waals surface area contributed by atoms with E-state index in [9.17, 15) is 9.59 Å². The van der Waals surface area contributed by atoms with Gasteiger partial charge < -0.3 is 16.0 Å². The molecule has 3 unspecified atom stereocenters. The Morgan fingerprint density at radius 1 is 1.50 bits per heavy atom. The number of rotatable bonds is 8. The zero-order valence-electron chi connectivity index (χ0n) is 10.8. The standard InChI is InChI=1S/C12H22ClN3O2/c1-16(7-5-13)6-4-9-2-3-10(12(14)18)11(9)15-8-17/h8-11H,2-7H2,1H3,(H2,14,18)(H,15,17). The monoisotopic (exact) mass is 275 g/mol.